The zero-order valence-electron chi connectivity index (χ0n) is 22.9. The van der Waals surface area contributed by atoms with Crippen molar-refractivity contribution in [3.63, 3.8) is 0 Å². The second-order valence-electron chi connectivity index (χ2n) is 9.48. The first-order valence-corrected chi connectivity index (χ1v) is 14.7. The number of hydrogen-bond acceptors (Lipinski definition) is 7. The zero-order valence-corrected chi connectivity index (χ0v) is 26.0. The molecule has 0 atom stereocenters. The van der Waals surface area contributed by atoms with Gasteiger partial charge in [0, 0.05) is 20.6 Å². The minimum atomic E-state index is -0.398. The summed E-state index contributed by atoms with van der Waals surface area (Å²) >= 11 is 15.9. The summed E-state index contributed by atoms with van der Waals surface area (Å²) in [6, 6.07) is 24.3. The van der Waals surface area contributed by atoms with Crippen LogP contribution in [0.15, 0.2) is 104 Å². The van der Waals surface area contributed by atoms with Gasteiger partial charge in [-0.3, -0.25) is 9.59 Å². The van der Waals surface area contributed by atoms with Gasteiger partial charge in [-0.25, -0.2) is 4.98 Å². The fourth-order valence-corrected chi connectivity index (χ4v) is 5.24. The van der Waals surface area contributed by atoms with Crippen LogP contribution in [-0.2, 0) is 4.79 Å². The van der Waals surface area contributed by atoms with Gasteiger partial charge in [0.1, 0.15) is 5.58 Å². The van der Waals surface area contributed by atoms with E-state index in [1.807, 2.05) is 18.2 Å². The molecule has 1 amide bonds. The molecule has 1 N–H and O–H groups in total. The molecule has 0 radical (unpaired) electrons. The summed E-state index contributed by atoms with van der Waals surface area (Å²) in [5.41, 5.74) is 1.83. The molecule has 6 rings (SSSR count). The van der Waals surface area contributed by atoms with Crippen LogP contribution in [0.5, 0.6) is 11.5 Å². The van der Waals surface area contributed by atoms with Gasteiger partial charge in [0.05, 0.1) is 29.2 Å². The number of nitrogens with zero attached hydrogens (tertiary/aromatic N) is 3. The van der Waals surface area contributed by atoms with Gasteiger partial charge in [0.25, 0.3) is 11.5 Å². The highest BCUT2D eigenvalue weighted by Gasteiger charge is 2.18. The zero-order chi connectivity index (χ0) is 30.8. The standard InChI is InChI=1S/C32H21BrCl2N4O5/c1-42-27-13-18(12-24(35)30(27)43-17-29(40)37-22-9-7-21(34)8-10-22)16-36-39-31(38-25-5-3-2-4-23(25)32(39)41)28-15-19-14-20(33)6-11-26(19)44-28/h2-16H,17H2,1H3,(H,37,40). The van der Waals surface area contributed by atoms with E-state index in [2.05, 4.69) is 26.3 Å². The van der Waals surface area contributed by atoms with Crippen molar-refractivity contribution in [3.8, 4) is 23.1 Å². The van der Waals surface area contributed by atoms with Crippen LogP contribution in [0.2, 0.25) is 10.0 Å². The van der Waals surface area contributed by atoms with E-state index in [9.17, 15) is 9.59 Å². The van der Waals surface area contributed by atoms with Gasteiger partial charge in [-0.2, -0.15) is 9.78 Å². The number of benzene rings is 4. The van der Waals surface area contributed by atoms with E-state index in [-0.39, 0.29) is 34.5 Å². The Morgan fingerprint density at radius 2 is 1.86 bits per heavy atom. The number of amides is 1. The first-order chi connectivity index (χ1) is 21.3. The van der Waals surface area contributed by atoms with Crippen LogP contribution in [-0.4, -0.2) is 35.5 Å². The number of carbonyl (C=O) groups is 1. The summed E-state index contributed by atoms with van der Waals surface area (Å²) in [7, 11) is 1.45. The van der Waals surface area contributed by atoms with Crippen molar-refractivity contribution in [1.29, 1.82) is 0 Å². The quantitative estimate of drug-likeness (QED) is 0.163. The predicted octanol–water partition coefficient (Wildman–Crippen LogP) is 7.79. The Balaban J connectivity index is 1.31. The largest absolute Gasteiger partial charge is 0.493 e. The number of fused-ring (bicyclic) bond motifs is 2. The number of halogens is 3. The van der Waals surface area contributed by atoms with E-state index >= 15 is 0 Å². The first kappa shape index (κ1) is 29.4. The Bertz CT molecular complexity index is 2130. The number of methoxy groups -OCH3 is 1. The van der Waals surface area contributed by atoms with E-state index < -0.39 is 5.91 Å². The van der Waals surface area contributed by atoms with Gasteiger partial charge in [-0.05, 0) is 78.4 Å². The van der Waals surface area contributed by atoms with Crippen LogP contribution in [0, 0.1) is 0 Å². The van der Waals surface area contributed by atoms with Crippen molar-refractivity contribution in [2.45, 2.75) is 0 Å². The van der Waals surface area contributed by atoms with Gasteiger partial charge in [0.15, 0.2) is 23.9 Å². The third-order valence-corrected chi connectivity index (χ3v) is 7.53. The van der Waals surface area contributed by atoms with Crippen molar-refractivity contribution in [2.24, 2.45) is 5.10 Å². The molecule has 0 fully saturated rings. The van der Waals surface area contributed by atoms with Crippen LogP contribution < -0.4 is 20.3 Å². The third-order valence-electron chi connectivity index (χ3n) is 6.50. The second kappa shape index (κ2) is 12.5. The normalized spacial score (nSPS) is 11.4. The van der Waals surface area contributed by atoms with Gasteiger partial charge in [-0.1, -0.05) is 51.3 Å². The van der Waals surface area contributed by atoms with Crippen molar-refractivity contribution in [2.75, 3.05) is 19.0 Å². The molecule has 44 heavy (non-hydrogen) atoms. The van der Waals surface area contributed by atoms with E-state index in [1.54, 1.807) is 66.7 Å². The van der Waals surface area contributed by atoms with Crippen LogP contribution in [0.4, 0.5) is 5.69 Å². The first-order valence-electron chi connectivity index (χ1n) is 13.1. The molecular formula is C32H21BrCl2N4O5. The summed E-state index contributed by atoms with van der Waals surface area (Å²) in [5, 5.41) is 9.16. The third kappa shape index (κ3) is 6.19. The number of hydrogen-bond donors (Lipinski definition) is 1. The molecule has 12 heteroatoms. The highest BCUT2D eigenvalue weighted by atomic mass is 79.9. The summed E-state index contributed by atoms with van der Waals surface area (Å²) < 4.78 is 19.3. The number of furan rings is 1. The highest BCUT2D eigenvalue weighted by molar-refractivity contribution is 9.10. The fourth-order valence-electron chi connectivity index (χ4n) is 4.46. The summed E-state index contributed by atoms with van der Waals surface area (Å²) in [5.74, 6) is 0.641. The lowest BCUT2D eigenvalue weighted by molar-refractivity contribution is -0.118. The summed E-state index contributed by atoms with van der Waals surface area (Å²) in [6.07, 6.45) is 1.45. The SMILES string of the molecule is COc1cc(C=Nn2c(-c3cc4cc(Br)ccc4o3)nc3ccccc3c2=O)cc(Cl)c1OCC(=O)Nc1ccc(Cl)cc1. The predicted molar refractivity (Wildman–Crippen MR) is 175 cm³/mol. The Morgan fingerprint density at radius 1 is 1.07 bits per heavy atom. The molecule has 0 saturated carbocycles. The van der Waals surface area contributed by atoms with E-state index in [4.69, 9.17) is 42.1 Å². The number of nitrogens with one attached hydrogen (secondary N) is 1. The minimum absolute atomic E-state index is 0.177. The number of para-hydroxylation sites is 1. The molecule has 0 spiro atoms. The molecule has 2 heterocycles. The van der Waals surface area contributed by atoms with Gasteiger partial charge in [-0.15, -0.1) is 0 Å². The van der Waals surface area contributed by atoms with Crippen LogP contribution in [0.1, 0.15) is 5.56 Å². The average molecular weight is 692 g/mol. The Morgan fingerprint density at radius 3 is 2.66 bits per heavy atom. The average Bonchev–Trinajstić information content (AvgIpc) is 3.44. The van der Waals surface area contributed by atoms with Crippen molar-refractivity contribution in [3.05, 3.63) is 115 Å². The fraction of sp³-hybridized carbons (Fsp3) is 0.0625. The van der Waals surface area contributed by atoms with Crippen molar-refractivity contribution in [1.82, 2.24) is 9.66 Å². The Kier molecular flexibility index (Phi) is 8.38. The minimum Gasteiger partial charge on any atom is -0.493 e. The maximum absolute atomic E-state index is 13.6. The molecule has 0 aliphatic heterocycles. The van der Waals surface area contributed by atoms with Crippen molar-refractivity contribution < 1.29 is 18.7 Å². The summed E-state index contributed by atoms with van der Waals surface area (Å²) in [6.45, 7) is -0.318. The molecule has 6 aromatic rings. The Hall–Kier alpha value is -4.64. The molecule has 9 nitrogen and oxygen atoms in total. The molecule has 2 aromatic heterocycles. The van der Waals surface area contributed by atoms with Crippen LogP contribution >= 0.6 is 39.1 Å². The maximum atomic E-state index is 13.6. The lowest BCUT2D eigenvalue weighted by atomic mass is 10.2. The van der Waals surface area contributed by atoms with Gasteiger partial charge >= 0.3 is 0 Å². The number of ether oxygens (including phenoxy) is 2. The summed E-state index contributed by atoms with van der Waals surface area (Å²) in [4.78, 5) is 30.7. The number of carbonyl (C=O) groups excluding carboxylic acids is 1. The van der Waals surface area contributed by atoms with Crippen LogP contribution in [0.25, 0.3) is 33.5 Å². The van der Waals surface area contributed by atoms with E-state index in [0.717, 1.165) is 9.86 Å². The number of anilines is 1. The molecule has 220 valence electrons. The topological polar surface area (TPSA) is 108 Å². The second-order valence-corrected chi connectivity index (χ2v) is 11.2. The molecule has 0 saturated heterocycles. The smallest absolute Gasteiger partial charge is 0.282 e. The molecule has 0 unspecified atom stereocenters. The molecule has 0 aliphatic rings. The van der Waals surface area contributed by atoms with Crippen molar-refractivity contribution >= 4 is 78.8 Å². The monoisotopic (exact) mass is 690 g/mol. The van der Waals surface area contributed by atoms with Gasteiger partial charge in [0.2, 0.25) is 5.82 Å². The number of aromatic nitrogens is 2. The molecule has 4 aromatic carbocycles. The van der Waals surface area contributed by atoms with E-state index in [1.165, 1.54) is 18.0 Å². The Labute approximate surface area is 268 Å². The molecule has 0 bridgehead atoms. The number of rotatable bonds is 8. The molecular weight excluding hydrogens is 671 g/mol. The lowest BCUT2D eigenvalue weighted by Gasteiger charge is -2.13. The lowest BCUT2D eigenvalue weighted by Crippen LogP contribution is -2.20. The highest BCUT2D eigenvalue weighted by Crippen LogP contribution is 2.36. The maximum Gasteiger partial charge on any atom is 0.282 e. The molecule has 0 aliphatic carbocycles. The van der Waals surface area contributed by atoms with Crippen LogP contribution in [0.3, 0.4) is 0 Å². The van der Waals surface area contributed by atoms with Gasteiger partial charge < -0.3 is 19.2 Å². The van der Waals surface area contributed by atoms with E-state index in [0.29, 0.717) is 38.5 Å².